The normalized spacial score (nSPS) is 10.6. The fourth-order valence-corrected chi connectivity index (χ4v) is 1.76. The van der Waals surface area contributed by atoms with E-state index in [-0.39, 0.29) is 11.3 Å². The number of methoxy groups -OCH3 is 1. The van der Waals surface area contributed by atoms with E-state index in [1.54, 1.807) is 43.5 Å². The molecule has 0 radical (unpaired) electrons. The van der Waals surface area contributed by atoms with E-state index in [0.717, 1.165) is 5.56 Å². The number of nitriles is 1. The van der Waals surface area contributed by atoms with Crippen LogP contribution in [0.15, 0.2) is 54.1 Å². The summed E-state index contributed by atoms with van der Waals surface area (Å²) in [6.07, 6.45) is 1.50. The molecule has 1 amide bonds. The van der Waals surface area contributed by atoms with Crippen molar-refractivity contribution in [1.29, 1.82) is 5.26 Å². The van der Waals surface area contributed by atoms with Crippen molar-refractivity contribution in [3.8, 4) is 17.6 Å². The van der Waals surface area contributed by atoms with Crippen molar-refractivity contribution in [2.24, 2.45) is 0 Å². The summed E-state index contributed by atoms with van der Waals surface area (Å²) in [6.45, 7) is 0. The van der Waals surface area contributed by atoms with Gasteiger partial charge < -0.3 is 15.2 Å². The number of anilines is 1. The molecule has 0 fully saturated rings. The number of phenols is 1. The van der Waals surface area contributed by atoms with Crippen LogP contribution in [-0.4, -0.2) is 18.1 Å². The molecule has 2 N–H and O–H groups in total. The van der Waals surface area contributed by atoms with E-state index in [4.69, 9.17) is 10.00 Å². The molecule has 2 aromatic rings. The molecular weight excluding hydrogens is 280 g/mol. The number of amides is 1. The summed E-state index contributed by atoms with van der Waals surface area (Å²) in [5, 5.41) is 20.9. The summed E-state index contributed by atoms with van der Waals surface area (Å²) in [5.41, 5.74) is 1.20. The second-order valence-electron chi connectivity index (χ2n) is 4.44. The van der Waals surface area contributed by atoms with E-state index in [1.165, 1.54) is 18.2 Å². The molecule has 0 saturated heterocycles. The molecule has 0 aliphatic heterocycles. The molecule has 0 aliphatic carbocycles. The van der Waals surface area contributed by atoms with Gasteiger partial charge in [-0.3, -0.25) is 4.79 Å². The number of aromatic hydroxyl groups is 1. The molecule has 110 valence electrons. The van der Waals surface area contributed by atoms with Crippen molar-refractivity contribution in [1.82, 2.24) is 0 Å². The summed E-state index contributed by atoms with van der Waals surface area (Å²) in [6, 6.07) is 14.9. The third-order valence-electron chi connectivity index (χ3n) is 2.92. The lowest BCUT2D eigenvalue weighted by atomic mass is 10.1. The van der Waals surface area contributed by atoms with E-state index in [0.29, 0.717) is 11.4 Å². The van der Waals surface area contributed by atoms with Gasteiger partial charge in [-0.1, -0.05) is 12.1 Å². The molecule has 0 heterocycles. The van der Waals surface area contributed by atoms with Crippen LogP contribution in [0.1, 0.15) is 5.56 Å². The Bertz CT molecular complexity index is 726. The number of benzene rings is 2. The summed E-state index contributed by atoms with van der Waals surface area (Å²) in [7, 11) is 1.57. The van der Waals surface area contributed by atoms with Crippen LogP contribution >= 0.6 is 0 Å². The van der Waals surface area contributed by atoms with Gasteiger partial charge in [0, 0.05) is 5.69 Å². The molecule has 2 aromatic carbocycles. The number of carbonyl (C=O) groups excluding carboxylic acids is 1. The van der Waals surface area contributed by atoms with Crippen molar-refractivity contribution in [2.75, 3.05) is 12.4 Å². The van der Waals surface area contributed by atoms with Crippen LogP contribution in [-0.2, 0) is 4.79 Å². The van der Waals surface area contributed by atoms with Crippen LogP contribution in [0.5, 0.6) is 11.5 Å². The first-order valence-corrected chi connectivity index (χ1v) is 6.48. The Morgan fingerprint density at radius 2 is 1.82 bits per heavy atom. The second kappa shape index (κ2) is 6.95. The topological polar surface area (TPSA) is 82.3 Å². The minimum atomic E-state index is -0.510. The molecule has 0 aliphatic rings. The Morgan fingerprint density at radius 1 is 1.18 bits per heavy atom. The fraction of sp³-hybridized carbons (Fsp3) is 0.0588. The van der Waals surface area contributed by atoms with Crippen LogP contribution in [0.25, 0.3) is 6.08 Å². The van der Waals surface area contributed by atoms with E-state index in [2.05, 4.69) is 5.32 Å². The maximum atomic E-state index is 12.1. The summed E-state index contributed by atoms with van der Waals surface area (Å²) in [5.74, 6) is 0.292. The highest BCUT2D eigenvalue weighted by molar-refractivity contribution is 6.09. The monoisotopic (exact) mass is 294 g/mol. The first kappa shape index (κ1) is 15.1. The first-order valence-electron chi connectivity index (χ1n) is 6.48. The first-order chi connectivity index (χ1) is 10.6. The van der Waals surface area contributed by atoms with Crippen molar-refractivity contribution in [2.45, 2.75) is 0 Å². The third-order valence-corrected chi connectivity index (χ3v) is 2.92. The Hall–Kier alpha value is -3.26. The summed E-state index contributed by atoms with van der Waals surface area (Å²) >= 11 is 0. The molecule has 0 spiro atoms. The number of rotatable bonds is 4. The lowest BCUT2D eigenvalue weighted by Crippen LogP contribution is -2.13. The van der Waals surface area contributed by atoms with E-state index in [1.807, 2.05) is 6.07 Å². The van der Waals surface area contributed by atoms with Crippen molar-refractivity contribution < 1.29 is 14.6 Å². The van der Waals surface area contributed by atoms with Gasteiger partial charge in [0.05, 0.1) is 7.11 Å². The Morgan fingerprint density at radius 3 is 2.36 bits per heavy atom. The Balaban J connectivity index is 2.15. The minimum absolute atomic E-state index is 0.0155. The lowest BCUT2D eigenvalue weighted by Gasteiger charge is -2.04. The number of hydrogen-bond donors (Lipinski definition) is 2. The van der Waals surface area contributed by atoms with Gasteiger partial charge in [0.15, 0.2) is 0 Å². The third kappa shape index (κ3) is 3.87. The predicted octanol–water partition coefficient (Wildman–Crippen LogP) is 2.95. The molecule has 0 aromatic heterocycles. The second-order valence-corrected chi connectivity index (χ2v) is 4.44. The molecule has 0 atom stereocenters. The maximum Gasteiger partial charge on any atom is 0.266 e. The highest BCUT2D eigenvalue weighted by Gasteiger charge is 2.09. The van der Waals surface area contributed by atoms with Crippen molar-refractivity contribution in [3.05, 3.63) is 59.7 Å². The Kier molecular flexibility index (Phi) is 4.78. The van der Waals surface area contributed by atoms with Crippen LogP contribution in [0, 0.1) is 11.3 Å². The molecule has 22 heavy (non-hydrogen) atoms. The van der Waals surface area contributed by atoms with Gasteiger partial charge in [0.2, 0.25) is 0 Å². The lowest BCUT2D eigenvalue weighted by molar-refractivity contribution is -0.112. The van der Waals surface area contributed by atoms with E-state index >= 15 is 0 Å². The molecule has 0 unspecified atom stereocenters. The van der Waals surface area contributed by atoms with Gasteiger partial charge in [-0.25, -0.2) is 0 Å². The van der Waals surface area contributed by atoms with Gasteiger partial charge in [-0.05, 0) is 48.0 Å². The average Bonchev–Trinajstić information content (AvgIpc) is 2.55. The fourth-order valence-electron chi connectivity index (χ4n) is 1.76. The maximum absolute atomic E-state index is 12.1. The van der Waals surface area contributed by atoms with E-state index < -0.39 is 5.91 Å². The average molecular weight is 294 g/mol. The van der Waals surface area contributed by atoms with E-state index in [9.17, 15) is 9.90 Å². The zero-order valence-electron chi connectivity index (χ0n) is 11.9. The highest BCUT2D eigenvalue weighted by atomic mass is 16.5. The van der Waals surface area contributed by atoms with Gasteiger partial charge in [-0.15, -0.1) is 0 Å². The Labute approximate surface area is 128 Å². The molecule has 5 nitrogen and oxygen atoms in total. The smallest absolute Gasteiger partial charge is 0.266 e. The SMILES string of the molecule is COc1ccc(/C=C(/C#N)C(=O)Nc2ccc(O)cc2)cc1. The molecule has 2 rings (SSSR count). The number of nitrogens with one attached hydrogen (secondary N) is 1. The van der Waals surface area contributed by atoms with Crippen molar-refractivity contribution >= 4 is 17.7 Å². The van der Waals surface area contributed by atoms with Crippen LogP contribution in [0.4, 0.5) is 5.69 Å². The summed E-state index contributed by atoms with van der Waals surface area (Å²) < 4.78 is 5.05. The number of ether oxygens (including phenoxy) is 1. The quantitative estimate of drug-likeness (QED) is 0.516. The number of nitrogens with zero attached hydrogens (tertiary/aromatic N) is 1. The molecule has 0 saturated carbocycles. The van der Waals surface area contributed by atoms with Crippen LogP contribution in [0.2, 0.25) is 0 Å². The number of hydrogen-bond acceptors (Lipinski definition) is 4. The standard InChI is InChI=1S/C17H14N2O3/c1-22-16-8-2-12(3-9-16)10-13(11-18)17(21)19-14-4-6-15(20)7-5-14/h2-10,20H,1H3,(H,19,21)/b13-10-. The van der Waals surface area contributed by atoms with Gasteiger partial charge in [-0.2, -0.15) is 5.26 Å². The zero-order chi connectivity index (χ0) is 15.9. The van der Waals surface area contributed by atoms with Crippen molar-refractivity contribution in [3.63, 3.8) is 0 Å². The number of phenolic OH excluding ortho intramolecular Hbond substituents is 1. The van der Waals surface area contributed by atoms with Gasteiger partial charge in [0.1, 0.15) is 23.1 Å². The largest absolute Gasteiger partial charge is 0.508 e. The molecular formula is C17H14N2O3. The highest BCUT2D eigenvalue weighted by Crippen LogP contribution is 2.16. The molecule has 5 heteroatoms. The summed E-state index contributed by atoms with van der Waals surface area (Å²) in [4.78, 5) is 12.1. The zero-order valence-corrected chi connectivity index (χ0v) is 11.9. The van der Waals surface area contributed by atoms with Crippen LogP contribution in [0.3, 0.4) is 0 Å². The van der Waals surface area contributed by atoms with Gasteiger partial charge >= 0.3 is 0 Å². The predicted molar refractivity (Wildman–Crippen MR) is 83.3 cm³/mol. The molecule has 0 bridgehead atoms. The van der Waals surface area contributed by atoms with Gasteiger partial charge in [0.25, 0.3) is 5.91 Å². The van der Waals surface area contributed by atoms with Crippen LogP contribution < -0.4 is 10.1 Å². The minimum Gasteiger partial charge on any atom is -0.508 e. The number of carbonyl (C=O) groups is 1.